The SMILES string of the molecule is Cc1ccccc1C(=O)N1CCC2(C1)CN(c1ccccc1)C(=O)CN2C.O=C(O)C(F)(F)F. The van der Waals surface area contributed by atoms with Crippen molar-refractivity contribution in [3.8, 4) is 0 Å². The first-order valence-electron chi connectivity index (χ1n) is 10.7. The number of carboxylic acids is 1. The van der Waals surface area contributed by atoms with Gasteiger partial charge in [-0.25, -0.2) is 4.79 Å². The van der Waals surface area contributed by atoms with Crippen molar-refractivity contribution in [3.05, 3.63) is 65.7 Å². The first-order valence-corrected chi connectivity index (χ1v) is 10.7. The number of nitrogens with zero attached hydrogens (tertiary/aromatic N) is 3. The normalized spacial score (nSPS) is 20.8. The van der Waals surface area contributed by atoms with Crippen LogP contribution in [0, 0.1) is 6.92 Å². The molecule has 2 aliphatic rings. The predicted molar refractivity (Wildman–Crippen MR) is 120 cm³/mol. The van der Waals surface area contributed by atoms with E-state index in [1.54, 1.807) is 0 Å². The van der Waals surface area contributed by atoms with Gasteiger partial charge >= 0.3 is 12.1 Å². The molecule has 1 N–H and O–H groups in total. The molecular weight excluding hydrogens is 451 g/mol. The highest BCUT2D eigenvalue weighted by atomic mass is 19.4. The van der Waals surface area contributed by atoms with E-state index in [0.29, 0.717) is 26.2 Å². The number of anilines is 1. The van der Waals surface area contributed by atoms with Gasteiger partial charge < -0.3 is 14.9 Å². The molecule has 2 aliphatic heterocycles. The molecule has 0 bridgehead atoms. The molecule has 2 saturated heterocycles. The number of halogens is 3. The van der Waals surface area contributed by atoms with Crippen molar-refractivity contribution in [2.45, 2.75) is 25.1 Å². The fourth-order valence-electron chi connectivity index (χ4n) is 4.26. The van der Waals surface area contributed by atoms with Gasteiger partial charge in [-0.15, -0.1) is 0 Å². The summed E-state index contributed by atoms with van der Waals surface area (Å²) in [4.78, 5) is 40.5. The number of piperazine rings is 1. The molecule has 2 fully saturated rings. The fraction of sp³-hybridized carbons (Fsp3) is 0.375. The van der Waals surface area contributed by atoms with Crippen LogP contribution in [0.4, 0.5) is 18.9 Å². The Balaban J connectivity index is 0.000000406. The van der Waals surface area contributed by atoms with Gasteiger partial charge in [0.2, 0.25) is 5.91 Å². The Hall–Kier alpha value is -3.40. The highest BCUT2D eigenvalue weighted by Gasteiger charge is 2.48. The Bertz CT molecular complexity index is 1060. The van der Waals surface area contributed by atoms with Crippen molar-refractivity contribution in [3.63, 3.8) is 0 Å². The predicted octanol–water partition coefficient (Wildman–Crippen LogP) is 3.19. The van der Waals surface area contributed by atoms with Gasteiger partial charge in [0.1, 0.15) is 0 Å². The summed E-state index contributed by atoms with van der Waals surface area (Å²) in [5.74, 6) is -2.56. The summed E-state index contributed by atoms with van der Waals surface area (Å²) in [7, 11) is 2.00. The number of hydrogen-bond donors (Lipinski definition) is 1. The number of carbonyl (C=O) groups excluding carboxylic acids is 2. The van der Waals surface area contributed by atoms with Crippen molar-refractivity contribution in [1.82, 2.24) is 9.80 Å². The monoisotopic (exact) mass is 477 g/mol. The zero-order chi connectivity index (χ0) is 25.1. The van der Waals surface area contributed by atoms with Crippen LogP contribution in [-0.2, 0) is 9.59 Å². The molecule has 182 valence electrons. The van der Waals surface area contributed by atoms with Crippen molar-refractivity contribution in [1.29, 1.82) is 0 Å². The molecule has 0 aromatic heterocycles. The standard InChI is InChI=1S/C22H25N3O2.C2HF3O2/c1-17-8-6-7-11-19(17)21(27)24-13-12-22(15-24)16-25(20(26)14-23(22)2)18-9-4-3-5-10-18;3-2(4,5)1(6)7/h3-11H,12-16H2,1-2H3;(H,6,7). The lowest BCUT2D eigenvalue weighted by Crippen LogP contribution is -2.64. The summed E-state index contributed by atoms with van der Waals surface area (Å²) in [6, 6.07) is 17.5. The maximum absolute atomic E-state index is 13.0. The van der Waals surface area contributed by atoms with E-state index in [2.05, 4.69) is 4.90 Å². The number of likely N-dealkylation sites (tertiary alicyclic amines) is 1. The van der Waals surface area contributed by atoms with Crippen molar-refractivity contribution in [2.24, 2.45) is 0 Å². The Morgan fingerprint density at radius 3 is 2.18 bits per heavy atom. The fourth-order valence-corrected chi connectivity index (χ4v) is 4.26. The van der Waals surface area contributed by atoms with E-state index in [1.807, 2.05) is 78.4 Å². The maximum atomic E-state index is 13.0. The third kappa shape index (κ3) is 5.39. The molecule has 0 aliphatic carbocycles. The molecule has 1 spiro atoms. The molecule has 1 unspecified atom stereocenters. The molecule has 10 heteroatoms. The Kier molecular flexibility index (Phi) is 7.30. The lowest BCUT2D eigenvalue weighted by atomic mass is 9.92. The molecular formula is C24H26F3N3O4. The molecule has 2 amide bonds. The minimum atomic E-state index is -5.08. The van der Waals surface area contributed by atoms with Gasteiger partial charge in [-0.2, -0.15) is 13.2 Å². The van der Waals surface area contributed by atoms with E-state index in [1.165, 1.54) is 0 Å². The molecule has 2 aromatic carbocycles. The number of hydrogen-bond acceptors (Lipinski definition) is 4. The maximum Gasteiger partial charge on any atom is 0.490 e. The van der Waals surface area contributed by atoms with Crippen LogP contribution in [0.2, 0.25) is 0 Å². The third-order valence-electron chi connectivity index (χ3n) is 6.24. The second kappa shape index (κ2) is 9.84. The van der Waals surface area contributed by atoms with Crippen LogP contribution in [0.5, 0.6) is 0 Å². The topological polar surface area (TPSA) is 81.2 Å². The number of aliphatic carboxylic acids is 1. The minimum Gasteiger partial charge on any atom is -0.475 e. The van der Waals surface area contributed by atoms with Gasteiger partial charge in [0.25, 0.3) is 5.91 Å². The van der Waals surface area contributed by atoms with Gasteiger partial charge in [-0.1, -0.05) is 36.4 Å². The van der Waals surface area contributed by atoms with Crippen LogP contribution < -0.4 is 4.90 Å². The number of rotatable bonds is 2. The number of aryl methyl sites for hydroxylation is 1. The smallest absolute Gasteiger partial charge is 0.475 e. The van der Waals surface area contributed by atoms with Gasteiger partial charge in [0, 0.05) is 30.9 Å². The molecule has 0 radical (unpaired) electrons. The molecule has 7 nitrogen and oxygen atoms in total. The average Bonchev–Trinajstić information content (AvgIpc) is 3.22. The van der Waals surface area contributed by atoms with E-state index in [0.717, 1.165) is 23.2 Å². The van der Waals surface area contributed by atoms with Crippen molar-refractivity contribution < 1.29 is 32.7 Å². The highest BCUT2D eigenvalue weighted by molar-refractivity contribution is 5.97. The third-order valence-corrected chi connectivity index (χ3v) is 6.24. The highest BCUT2D eigenvalue weighted by Crippen LogP contribution is 2.34. The largest absolute Gasteiger partial charge is 0.490 e. The Morgan fingerprint density at radius 2 is 1.59 bits per heavy atom. The zero-order valence-electron chi connectivity index (χ0n) is 18.9. The van der Waals surface area contributed by atoms with Crippen molar-refractivity contribution in [2.75, 3.05) is 38.1 Å². The second-order valence-electron chi connectivity index (χ2n) is 8.49. The van der Waals surface area contributed by atoms with E-state index >= 15 is 0 Å². The molecule has 34 heavy (non-hydrogen) atoms. The summed E-state index contributed by atoms with van der Waals surface area (Å²) in [5.41, 5.74) is 2.51. The molecule has 1 atom stereocenters. The van der Waals surface area contributed by atoms with Crippen LogP contribution in [0.1, 0.15) is 22.3 Å². The van der Waals surface area contributed by atoms with E-state index in [4.69, 9.17) is 9.90 Å². The van der Waals surface area contributed by atoms with Crippen LogP contribution >= 0.6 is 0 Å². The van der Waals surface area contributed by atoms with E-state index in [-0.39, 0.29) is 17.4 Å². The summed E-state index contributed by atoms with van der Waals surface area (Å²) in [5, 5.41) is 7.12. The van der Waals surface area contributed by atoms with Gasteiger partial charge in [-0.05, 0) is 44.2 Å². The number of likely N-dealkylation sites (N-methyl/N-ethyl adjacent to an activating group) is 1. The summed E-state index contributed by atoms with van der Waals surface area (Å²) >= 11 is 0. The summed E-state index contributed by atoms with van der Waals surface area (Å²) < 4.78 is 31.7. The molecule has 2 aromatic rings. The average molecular weight is 477 g/mol. The number of para-hydroxylation sites is 1. The first kappa shape index (κ1) is 25.2. The lowest BCUT2D eigenvalue weighted by molar-refractivity contribution is -0.192. The van der Waals surface area contributed by atoms with Crippen LogP contribution in [0.25, 0.3) is 0 Å². The zero-order valence-corrected chi connectivity index (χ0v) is 18.9. The number of alkyl halides is 3. The van der Waals surface area contributed by atoms with Crippen LogP contribution in [0.3, 0.4) is 0 Å². The van der Waals surface area contributed by atoms with Crippen molar-refractivity contribution >= 4 is 23.5 Å². The van der Waals surface area contributed by atoms with Gasteiger partial charge in [0.15, 0.2) is 0 Å². The number of carbonyl (C=O) groups is 3. The molecule has 2 heterocycles. The molecule has 0 saturated carbocycles. The van der Waals surface area contributed by atoms with Crippen LogP contribution in [0.15, 0.2) is 54.6 Å². The lowest BCUT2D eigenvalue weighted by Gasteiger charge is -2.46. The second-order valence-corrected chi connectivity index (χ2v) is 8.49. The van der Waals surface area contributed by atoms with E-state index in [9.17, 15) is 22.8 Å². The van der Waals surface area contributed by atoms with E-state index < -0.39 is 12.1 Å². The number of amides is 2. The minimum absolute atomic E-state index is 0.0848. The quantitative estimate of drug-likeness (QED) is 0.719. The molecule has 4 rings (SSSR count). The first-order chi connectivity index (χ1) is 15.9. The van der Waals surface area contributed by atoms with Crippen LogP contribution in [-0.4, -0.2) is 77.6 Å². The van der Waals surface area contributed by atoms with Gasteiger partial charge in [0.05, 0.1) is 12.1 Å². The Morgan fingerprint density at radius 1 is 1.00 bits per heavy atom. The summed E-state index contributed by atoms with van der Waals surface area (Å²) in [6.45, 7) is 4.33. The number of benzene rings is 2. The van der Waals surface area contributed by atoms with Gasteiger partial charge in [-0.3, -0.25) is 14.5 Å². The summed E-state index contributed by atoms with van der Waals surface area (Å²) in [6.07, 6.45) is -4.21. The Labute approximate surface area is 195 Å². The number of carboxylic acid groups (broad SMARTS) is 1.